The lowest BCUT2D eigenvalue weighted by molar-refractivity contribution is 0.205. The molecule has 0 aliphatic carbocycles. The van der Waals surface area contributed by atoms with Crippen LogP contribution in [-0.2, 0) is 4.74 Å². The zero-order valence-corrected chi connectivity index (χ0v) is 8.83. The molecule has 1 nitrogen and oxygen atoms in total. The normalized spacial score (nSPS) is 10.4. The quantitative estimate of drug-likeness (QED) is 0.596. The number of benzene rings is 1. The average Bonchev–Trinajstić information content (AvgIpc) is 2.25. The van der Waals surface area contributed by atoms with Crippen LogP contribution in [0, 0.1) is 6.61 Å². The van der Waals surface area contributed by atoms with Gasteiger partial charge in [0, 0.05) is 6.61 Å². The number of hydrogen-bond acceptors (Lipinski definition) is 1. The van der Waals surface area contributed by atoms with Gasteiger partial charge in [0.25, 0.3) is 0 Å². The lowest BCUT2D eigenvalue weighted by atomic mass is 10.2. The molecule has 0 saturated carbocycles. The molecule has 0 heterocycles. The van der Waals surface area contributed by atoms with Crippen molar-refractivity contribution in [2.24, 2.45) is 0 Å². The van der Waals surface area contributed by atoms with Crippen molar-refractivity contribution in [3.8, 4) is 0 Å². The Morgan fingerprint density at radius 1 is 1.07 bits per heavy atom. The number of unbranched alkanes of at least 4 members (excludes halogenated alkanes) is 3. The third-order valence-electron chi connectivity index (χ3n) is 2.06. The van der Waals surface area contributed by atoms with Gasteiger partial charge in [0.15, 0.2) is 6.61 Å². The van der Waals surface area contributed by atoms with Crippen molar-refractivity contribution < 1.29 is 4.74 Å². The summed E-state index contributed by atoms with van der Waals surface area (Å²) >= 11 is 0. The van der Waals surface area contributed by atoms with Crippen LogP contribution in [0.5, 0.6) is 0 Å². The highest BCUT2D eigenvalue weighted by atomic mass is 16.5. The van der Waals surface area contributed by atoms with Crippen LogP contribution in [0.2, 0.25) is 0 Å². The van der Waals surface area contributed by atoms with Crippen LogP contribution in [-0.4, -0.2) is 6.61 Å². The standard InChI is InChI=1S/C13H18O/c1-2-3-4-8-11-14-12-13-9-6-5-7-10-13/h5-7,9-10H,2-4,8,11H2,1H3. The van der Waals surface area contributed by atoms with Crippen LogP contribution in [0.3, 0.4) is 0 Å². The first-order valence-electron chi connectivity index (χ1n) is 5.36. The molecule has 0 saturated heterocycles. The van der Waals surface area contributed by atoms with E-state index < -0.39 is 0 Å². The second kappa shape index (κ2) is 7.57. The highest BCUT2D eigenvalue weighted by molar-refractivity contribution is 5.19. The highest BCUT2D eigenvalue weighted by Crippen LogP contribution is 2.04. The fraction of sp³-hybridized carbons (Fsp3) is 0.462. The summed E-state index contributed by atoms with van der Waals surface area (Å²) in [5.74, 6) is 0. The van der Waals surface area contributed by atoms with Gasteiger partial charge in [-0.15, -0.1) is 0 Å². The first kappa shape index (κ1) is 11.3. The molecule has 0 N–H and O–H groups in total. The van der Waals surface area contributed by atoms with Crippen molar-refractivity contribution >= 4 is 0 Å². The van der Waals surface area contributed by atoms with Crippen LogP contribution >= 0.6 is 0 Å². The Bertz CT molecular complexity index is 218. The van der Waals surface area contributed by atoms with E-state index in [9.17, 15) is 0 Å². The molecular formula is C13H18O. The van der Waals surface area contributed by atoms with Gasteiger partial charge in [-0.05, 0) is 12.0 Å². The molecule has 0 unspecified atom stereocenters. The molecule has 0 amide bonds. The molecular weight excluding hydrogens is 172 g/mol. The molecule has 0 bridgehead atoms. The van der Waals surface area contributed by atoms with E-state index in [0.717, 1.165) is 18.6 Å². The van der Waals surface area contributed by atoms with E-state index in [1.807, 2.05) is 30.3 Å². The number of rotatable bonds is 7. The van der Waals surface area contributed by atoms with Gasteiger partial charge in [0.05, 0.1) is 0 Å². The van der Waals surface area contributed by atoms with Crippen molar-refractivity contribution in [2.45, 2.75) is 32.6 Å². The maximum absolute atomic E-state index is 5.32. The van der Waals surface area contributed by atoms with Crippen LogP contribution in [0.25, 0.3) is 0 Å². The van der Waals surface area contributed by atoms with E-state index in [1.54, 1.807) is 0 Å². The van der Waals surface area contributed by atoms with Crippen molar-refractivity contribution in [1.82, 2.24) is 0 Å². The molecule has 1 aromatic rings. The lowest BCUT2D eigenvalue weighted by Crippen LogP contribution is -1.92. The van der Waals surface area contributed by atoms with Crippen molar-refractivity contribution in [2.75, 3.05) is 6.61 Å². The lowest BCUT2D eigenvalue weighted by Gasteiger charge is -2.01. The summed E-state index contributed by atoms with van der Waals surface area (Å²) in [6.07, 6.45) is 4.96. The maximum Gasteiger partial charge on any atom is 0.166 e. The summed E-state index contributed by atoms with van der Waals surface area (Å²) < 4.78 is 5.32. The summed E-state index contributed by atoms with van der Waals surface area (Å²) in [6.45, 7) is 5.92. The smallest absolute Gasteiger partial charge is 0.166 e. The average molecular weight is 190 g/mol. The Morgan fingerprint density at radius 3 is 2.57 bits per heavy atom. The first-order valence-corrected chi connectivity index (χ1v) is 5.36. The first-order chi connectivity index (χ1) is 6.93. The fourth-order valence-corrected chi connectivity index (χ4v) is 1.24. The molecule has 0 aromatic heterocycles. The second-order valence-electron chi connectivity index (χ2n) is 3.38. The third kappa shape index (κ3) is 5.03. The van der Waals surface area contributed by atoms with Crippen molar-refractivity contribution in [3.05, 3.63) is 42.5 Å². The van der Waals surface area contributed by atoms with E-state index in [-0.39, 0.29) is 0 Å². The monoisotopic (exact) mass is 190 g/mol. The summed E-state index contributed by atoms with van der Waals surface area (Å²) in [7, 11) is 0. The van der Waals surface area contributed by atoms with Crippen LogP contribution in [0.1, 0.15) is 38.2 Å². The summed E-state index contributed by atoms with van der Waals surface area (Å²) in [5, 5.41) is 0. The summed E-state index contributed by atoms with van der Waals surface area (Å²) in [5.41, 5.74) is 1.02. The molecule has 2 radical (unpaired) electrons. The van der Waals surface area contributed by atoms with Gasteiger partial charge < -0.3 is 4.74 Å². The maximum atomic E-state index is 5.32. The Balaban J connectivity index is 1.99. The number of ether oxygens (including phenoxy) is 1. The minimum Gasteiger partial charge on any atom is -0.363 e. The van der Waals surface area contributed by atoms with Crippen molar-refractivity contribution in [3.63, 3.8) is 0 Å². The predicted octanol–water partition coefficient (Wildman–Crippen LogP) is 3.67. The molecule has 0 aliphatic rings. The highest BCUT2D eigenvalue weighted by Gasteiger charge is 1.93. The van der Waals surface area contributed by atoms with Crippen LogP contribution in [0.15, 0.2) is 30.3 Å². The van der Waals surface area contributed by atoms with Gasteiger partial charge in [-0.2, -0.15) is 0 Å². The summed E-state index contributed by atoms with van der Waals surface area (Å²) in [4.78, 5) is 0. The molecule has 0 fully saturated rings. The Hall–Kier alpha value is -0.820. The van der Waals surface area contributed by atoms with Gasteiger partial charge in [-0.3, -0.25) is 0 Å². The zero-order valence-electron chi connectivity index (χ0n) is 8.83. The predicted molar refractivity (Wildman–Crippen MR) is 58.9 cm³/mol. The van der Waals surface area contributed by atoms with Crippen LogP contribution in [0.4, 0.5) is 0 Å². The molecule has 1 aromatic carbocycles. The molecule has 76 valence electrons. The molecule has 14 heavy (non-hydrogen) atoms. The summed E-state index contributed by atoms with van der Waals surface area (Å²) in [6, 6.07) is 9.95. The topological polar surface area (TPSA) is 9.23 Å². The molecule has 0 spiro atoms. The molecule has 1 rings (SSSR count). The SMILES string of the molecule is CCCCCCO[C]c1ccccc1. The van der Waals surface area contributed by atoms with Gasteiger partial charge in [-0.1, -0.05) is 56.5 Å². The second-order valence-corrected chi connectivity index (χ2v) is 3.38. The number of hydrogen-bond donors (Lipinski definition) is 0. The zero-order chi connectivity index (χ0) is 10.1. The van der Waals surface area contributed by atoms with Gasteiger partial charge in [0.1, 0.15) is 0 Å². The largest absolute Gasteiger partial charge is 0.363 e. The van der Waals surface area contributed by atoms with Crippen molar-refractivity contribution in [1.29, 1.82) is 0 Å². The Kier molecular flexibility index (Phi) is 6.09. The third-order valence-corrected chi connectivity index (χ3v) is 2.06. The molecule has 1 heteroatoms. The minimum atomic E-state index is 0.787. The Labute approximate surface area is 87.1 Å². The fourth-order valence-electron chi connectivity index (χ4n) is 1.24. The minimum absolute atomic E-state index is 0.787. The molecule has 0 aliphatic heterocycles. The van der Waals surface area contributed by atoms with E-state index in [0.29, 0.717) is 0 Å². The van der Waals surface area contributed by atoms with E-state index >= 15 is 0 Å². The van der Waals surface area contributed by atoms with Gasteiger partial charge in [-0.25, -0.2) is 0 Å². The van der Waals surface area contributed by atoms with E-state index in [2.05, 4.69) is 13.5 Å². The van der Waals surface area contributed by atoms with Gasteiger partial charge in [0.2, 0.25) is 0 Å². The Morgan fingerprint density at radius 2 is 1.86 bits per heavy atom. The van der Waals surface area contributed by atoms with Gasteiger partial charge >= 0.3 is 0 Å². The van der Waals surface area contributed by atoms with E-state index in [1.165, 1.54) is 19.3 Å². The van der Waals surface area contributed by atoms with Crippen LogP contribution < -0.4 is 0 Å². The van der Waals surface area contributed by atoms with E-state index in [4.69, 9.17) is 4.74 Å². The molecule has 0 atom stereocenters.